The van der Waals surface area contributed by atoms with Gasteiger partial charge in [0.1, 0.15) is 0 Å². The van der Waals surface area contributed by atoms with E-state index in [1.165, 1.54) is 12.8 Å². The highest BCUT2D eigenvalue weighted by atomic mass is 16.2. The van der Waals surface area contributed by atoms with Crippen LogP contribution in [0.15, 0.2) is 42.7 Å². The van der Waals surface area contributed by atoms with Crippen LogP contribution in [0.25, 0.3) is 0 Å². The van der Waals surface area contributed by atoms with E-state index in [4.69, 9.17) is 0 Å². The van der Waals surface area contributed by atoms with Gasteiger partial charge in [-0.1, -0.05) is 12.1 Å². The number of amides is 1. The van der Waals surface area contributed by atoms with Gasteiger partial charge >= 0.3 is 0 Å². The van der Waals surface area contributed by atoms with Gasteiger partial charge in [-0.05, 0) is 63.0 Å². The Morgan fingerprint density at radius 2 is 1.88 bits per heavy atom. The quantitative estimate of drug-likeness (QED) is 0.860. The van der Waals surface area contributed by atoms with Gasteiger partial charge in [-0.3, -0.25) is 9.48 Å². The number of rotatable bonds is 4. The number of carbonyl (C=O) groups is 1. The fourth-order valence-electron chi connectivity index (χ4n) is 4.37. The monoisotopic (exact) mass is 338 g/mol. The van der Waals surface area contributed by atoms with Crippen LogP contribution >= 0.6 is 0 Å². The fraction of sp³-hybridized carbons (Fsp3) is 0.500. The Hall–Kier alpha value is -2.14. The summed E-state index contributed by atoms with van der Waals surface area (Å²) >= 11 is 0. The van der Waals surface area contributed by atoms with Crippen molar-refractivity contribution in [1.29, 1.82) is 0 Å². The molecule has 0 radical (unpaired) electrons. The van der Waals surface area contributed by atoms with Gasteiger partial charge in [-0.25, -0.2) is 0 Å². The molecule has 3 heterocycles. The van der Waals surface area contributed by atoms with Crippen LogP contribution in [0.5, 0.6) is 0 Å². The van der Waals surface area contributed by atoms with Crippen molar-refractivity contribution < 1.29 is 4.79 Å². The topological polar surface area (TPSA) is 41.4 Å². The van der Waals surface area contributed by atoms with Crippen molar-refractivity contribution >= 4 is 5.91 Å². The van der Waals surface area contributed by atoms with Gasteiger partial charge in [-0.15, -0.1) is 0 Å². The van der Waals surface area contributed by atoms with Crippen LogP contribution in [0.3, 0.4) is 0 Å². The van der Waals surface area contributed by atoms with Crippen molar-refractivity contribution in [3.8, 4) is 0 Å². The van der Waals surface area contributed by atoms with Crippen LogP contribution in [-0.4, -0.2) is 57.7 Å². The Bertz CT molecular complexity index is 710. The van der Waals surface area contributed by atoms with E-state index in [0.29, 0.717) is 12.1 Å². The zero-order valence-electron chi connectivity index (χ0n) is 14.8. The first kappa shape index (κ1) is 16.3. The summed E-state index contributed by atoms with van der Waals surface area (Å²) in [4.78, 5) is 17.6. The summed E-state index contributed by atoms with van der Waals surface area (Å²) in [7, 11) is 2.20. The summed E-state index contributed by atoms with van der Waals surface area (Å²) < 4.78 is 1.89. The highest BCUT2D eigenvalue weighted by Gasteiger charge is 2.38. The van der Waals surface area contributed by atoms with Gasteiger partial charge < -0.3 is 9.80 Å². The molecule has 1 aromatic carbocycles. The smallest absolute Gasteiger partial charge is 0.254 e. The van der Waals surface area contributed by atoms with Crippen LogP contribution < -0.4 is 0 Å². The molecule has 2 atom stereocenters. The molecule has 1 amide bonds. The minimum Gasteiger partial charge on any atom is -0.334 e. The number of carbonyl (C=O) groups excluding carboxylic acids is 1. The maximum atomic E-state index is 13.0. The summed E-state index contributed by atoms with van der Waals surface area (Å²) in [5.74, 6) is 0.188. The Kier molecular flexibility index (Phi) is 4.57. The first-order valence-corrected chi connectivity index (χ1v) is 9.30. The van der Waals surface area contributed by atoms with E-state index in [0.717, 1.165) is 43.6 Å². The van der Waals surface area contributed by atoms with Crippen LogP contribution in [0.2, 0.25) is 0 Å². The summed E-state index contributed by atoms with van der Waals surface area (Å²) in [6.45, 7) is 2.79. The molecule has 0 unspecified atom stereocenters. The molecule has 0 saturated carbocycles. The second-order valence-corrected chi connectivity index (χ2v) is 7.30. The predicted octanol–water partition coefficient (Wildman–Crippen LogP) is 2.63. The third kappa shape index (κ3) is 3.33. The van der Waals surface area contributed by atoms with Crippen LogP contribution in [0.1, 0.15) is 41.6 Å². The van der Waals surface area contributed by atoms with Gasteiger partial charge in [0, 0.05) is 36.6 Å². The SMILES string of the molecule is CN1CCC[C@H]1[C@@H]1CCCN1C(=O)c1ccc(Cn2cccn2)cc1. The largest absolute Gasteiger partial charge is 0.334 e. The van der Waals surface area contributed by atoms with E-state index >= 15 is 0 Å². The first-order valence-electron chi connectivity index (χ1n) is 9.30. The number of aromatic nitrogens is 2. The lowest BCUT2D eigenvalue weighted by Gasteiger charge is -2.33. The number of benzene rings is 1. The molecule has 2 aliphatic rings. The zero-order valence-corrected chi connectivity index (χ0v) is 14.8. The average Bonchev–Trinajstić information content (AvgIpc) is 3.36. The minimum absolute atomic E-state index is 0.188. The standard InChI is InChI=1S/C20H26N4O/c1-22-12-2-5-18(22)19-6-3-14-24(19)20(25)17-9-7-16(8-10-17)15-23-13-4-11-21-23/h4,7-11,13,18-19H,2-3,5-6,12,14-15H2,1H3/t18-,19-/m0/s1. The van der Waals surface area contributed by atoms with E-state index < -0.39 is 0 Å². The van der Waals surface area contributed by atoms with Crippen LogP contribution in [-0.2, 0) is 6.54 Å². The highest BCUT2D eigenvalue weighted by Crippen LogP contribution is 2.30. The summed E-state index contributed by atoms with van der Waals surface area (Å²) in [5, 5.41) is 4.23. The van der Waals surface area contributed by atoms with E-state index in [1.54, 1.807) is 6.20 Å². The Morgan fingerprint density at radius 1 is 1.12 bits per heavy atom. The molecule has 2 aliphatic heterocycles. The molecule has 25 heavy (non-hydrogen) atoms. The number of likely N-dealkylation sites (N-methyl/N-ethyl adjacent to an activating group) is 1. The molecular weight excluding hydrogens is 312 g/mol. The maximum Gasteiger partial charge on any atom is 0.254 e. The van der Waals surface area contributed by atoms with Gasteiger partial charge in [0.05, 0.1) is 6.54 Å². The second-order valence-electron chi connectivity index (χ2n) is 7.30. The van der Waals surface area contributed by atoms with Gasteiger partial charge in [0.2, 0.25) is 0 Å². The summed E-state index contributed by atoms with van der Waals surface area (Å²) in [5.41, 5.74) is 1.96. The Balaban J connectivity index is 1.46. The third-order valence-electron chi connectivity index (χ3n) is 5.69. The lowest BCUT2D eigenvalue weighted by Crippen LogP contribution is -2.47. The predicted molar refractivity (Wildman–Crippen MR) is 97.5 cm³/mol. The molecule has 0 N–H and O–H groups in total. The molecule has 2 aromatic rings. The number of nitrogens with zero attached hydrogens (tertiary/aromatic N) is 4. The van der Waals surface area contributed by atoms with E-state index in [2.05, 4.69) is 21.9 Å². The lowest BCUT2D eigenvalue weighted by atomic mass is 10.0. The Labute approximate surface area is 149 Å². The van der Waals surface area contributed by atoms with Gasteiger partial charge in [-0.2, -0.15) is 5.10 Å². The van der Waals surface area contributed by atoms with Gasteiger partial charge in [0.25, 0.3) is 5.91 Å². The molecule has 4 rings (SSSR count). The molecule has 0 bridgehead atoms. The zero-order chi connectivity index (χ0) is 17.2. The maximum absolute atomic E-state index is 13.0. The molecule has 0 aliphatic carbocycles. The van der Waals surface area contributed by atoms with Crippen molar-refractivity contribution in [2.24, 2.45) is 0 Å². The number of likely N-dealkylation sites (tertiary alicyclic amines) is 2. The number of hydrogen-bond acceptors (Lipinski definition) is 3. The number of hydrogen-bond donors (Lipinski definition) is 0. The first-order chi connectivity index (χ1) is 12.2. The van der Waals surface area contributed by atoms with E-state index in [1.807, 2.05) is 41.2 Å². The fourth-order valence-corrected chi connectivity index (χ4v) is 4.37. The third-order valence-corrected chi connectivity index (χ3v) is 5.69. The molecular formula is C20H26N4O. The molecule has 132 valence electrons. The van der Waals surface area contributed by atoms with Crippen molar-refractivity contribution in [2.75, 3.05) is 20.1 Å². The summed E-state index contributed by atoms with van der Waals surface area (Å²) in [6, 6.07) is 10.9. The second kappa shape index (κ2) is 7.00. The summed E-state index contributed by atoms with van der Waals surface area (Å²) in [6.07, 6.45) is 8.46. The van der Waals surface area contributed by atoms with Crippen molar-refractivity contribution in [3.05, 3.63) is 53.9 Å². The van der Waals surface area contributed by atoms with E-state index in [-0.39, 0.29) is 5.91 Å². The van der Waals surface area contributed by atoms with E-state index in [9.17, 15) is 4.79 Å². The minimum atomic E-state index is 0.188. The molecule has 1 aromatic heterocycles. The molecule has 5 nitrogen and oxygen atoms in total. The molecule has 5 heteroatoms. The molecule has 0 spiro atoms. The van der Waals surface area contributed by atoms with Crippen LogP contribution in [0.4, 0.5) is 0 Å². The highest BCUT2D eigenvalue weighted by molar-refractivity contribution is 5.94. The lowest BCUT2D eigenvalue weighted by molar-refractivity contribution is 0.0664. The van der Waals surface area contributed by atoms with Crippen molar-refractivity contribution in [1.82, 2.24) is 19.6 Å². The molecule has 2 saturated heterocycles. The molecule has 2 fully saturated rings. The normalized spacial score (nSPS) is 24.1. The van der Waals surface area contributed by atoms with Crippen molar-refractivity contribution in [3.63, 3.8) is 0 Å². The average molecular weight is 338 g/mol. The van der Waals surface area contributed by atoms with Gasteiger partial charge in [0.15, 0.2) is 0 Å². The van der Waals surface area contributed by atoms with Crippen LogP contribution in [0, 0.1) is 0 Å². The Morgan fingerprint density at radius 3 is 2.56 bits per heavy atom. The van der Waals surface area contributed by atoms with Crippen molar-refractivity contribution in [2.45, 2.75) is 44.3 Å².